The fraction of sp³-hybridized carbons (Fsp3) is 0.318. The van der Waals surface area contributed by atoms with Crippen LogP contribution in [0.5, 0.6) is 0 Å². The maximum Gasteiger partial charge on any atom is 0.270 e. The summed E-state index contributed by atoms with van der Waals surface area (Å²) in [7, 11) is 0. The molecule has 0 bridgehead atoms. The van der Waals surface area contributed by atoms with Gasteiger partial charge in [-0.15, -0.1) is 0 Å². The first-order valence-electron chi connectivity index (χ1n) is 10.5. The number of fused-ring (bicyclic) bond motifs is 1. The molecule has 1 saturated heterocycles. The summed E-state index contributed by atoms with van der Waals surface area (Å²) in [5, 5.41) is 7.00. The zero-order valence-electron chi connectivity index (χ0n) is 17.8. The largest absolute Gasteiger partial charge is 0.398 e. The second kappa shape index (κ2) is 9.04. The van der Waals surface area contributed by atoms with Gasteiger partial charge in [0, 0.05) is 55.8 Å². The molecule has 0 aliphatic carbocycles. The smallest absolute Gasteiger partial charge is 0.270 e. The molecule has 1 fully saturated rings. The lowest BCUT2D eigenvalue weighted by molar-refractivity contribution is -0.129. The SMILES string of the molecule is CC(=O)N1CCC(Nc2cc(C(=O)NCc3ccc4nc(N)cc(N)c4c3)ncn2)CC1. The van der Waals surface area contributed by atoms with Gasteiger partial charge in [-0.05, 0) is 30.5 Å². The van der Waals surface area contributed by atoms with E-state index in [1.807, 2.05) is 23.1 Å². The van der Waals surface area contributed by atoms with Crippen LogP contribution in [0.3, 0.4) is 0 Å². The molecule has 0 saturated carbocycles. The lowest BCUT2D eigenvalue weighted by Crippen LogP contribution is -2.41. The number of hydrogen-bond donors (Lipinski definition) is 4. The summed E-state index contributed by atoms with van der Waals surface area (Å²) in [6, 6.07) is 9.03. The summed E-state index contributed by atoms with van der Waals surface area (Å²) in [4.78, 5) is 38.5. The molecule has 10 heteroatoms. The van der Waals surface area contributed by atoms with Gasteiger partial charge >= 0.3 is 0 Å². The average Bonchev–Trinajstić information content (AvgIpc) is 2.78. The number of rotatable bonds is 5. The number of nitrogens with zero attached hydrogens (tertiary/aromatic N) is 4. The molecule has 6 N–H and O–H groups in total. The van der Waals surface area contributed by atoms with E-state index < -0.39 is 0 Å². The zero-order valence-corrected chi connectivity index (χ0v) is 17.8. The zero-order chi connectivity index (χ0) is 22.7. The van der Waals surface area contributed by atoms with Crippen molar-refractivity contribution in [3.05, 3.63) is 47.9 Å². The van der Waals surface area contributed by atoms with Gasteiger partial charge in [0.05, 0.1) is 5.52 Å². The highest BCUT2D eigenvalue weighted by molar-refractivity contribution is 5.94. The van der Waals surface area contributed by atoms with Crippen molar-refractivity contribution in [3.63, 3.8) is 0 Å². The molecule has 2 amide bonds. The molecule has 166 valence electrons. The van der Waals surface area contributed by atoms with E-state index in [0.717, 1.165) is 23.8 Å². The summed E-state index contributed by atoms with van der Waals surface area (Å²) in [5.41, 5.74) is 14.2. The number of nitrogen functional groups attached to an aromatic ring is 2. The van der Waals surface area contributed by atoms with E-state index in [4.69, 9.17) is 11.5 Å². The molecule has 3 heterocycles. The molecule has 3 aromatic rings. The maximum atomic E-state index is 12.6. The minimum atomic E-state index is -0.301. The van der Waals surface area contributed by atoms with E-state index in [-0.39, 0.29) is 23.6 Å². The van der Waals surface area contributed by atoms with Crippen molar-refractivity contribution in [2.24, 2.45) is 0 Å². The predicted molar refractivity (Wildman–Crippen MR) is 123 cm³/mol. The molecule has 1 aliphatic heterocycles. The van der Waals surface area contributed by atoms with E-state index in [1.165, 1.54) is 6.33 Å². The van der Waals surface area contributed by atoms with E-state index in [1.54, 1.807) is 19.1 Å². The first-order valence-corrected chi connectivity index (χ1v) is 10.5. The minimum Gasteiger partial charge on any atom is -0.398 e. The summed E-state index contributed by atoms with van der Waals surface area (Å²) in [6.07, 6.45) is 3.03. The molecule has 0 atom stereocenters. The van der Waals surface area contributed by atoms with Crippen molar-refractivity contribution >= 4 is 40.0 Å². The fourth-order valence-electron chi connectivity index (χ4n) is 3.81. The highest BCUT2D eigenvalue weighted by atomic mass is 16.2. The monoisotopic (exact) mass is 434 g/mol. The maximum absolute atomic E-state index is 12.6. The van der Waals surface area contributed by atoms with Crippen molar-refractivity contribution in [2.75, 3.05) is 29.9 Å². The Bertz CT molecular complexity index is 1160. The number of anilines is 3. The molecule has 2 aromatic heterocycles. The topological polar surface area (TPSA) is 152 Å². The van der Waals surface area contributed by atoms with Gasteiger partial charge in [-0.1, -0.05) is 6.07 Å². The van der Waals surface area contributed by atoms with Crippen molar-refractivity contribution < 1.29 is 9.59 Å². The Balaban J connectivity index is 1.37. The third-order valence-corrected chi connectivity index (χ3v) is 5.57. The first-order chi connectivity index (χ1) is 15.4. The molecule has 1 aromatic carbocycles. The standard InChI is InChI=1S/C22H26N8O2/c1-13(31)30-6-4-15(5-7-30)28-21-10-19(26-12-27-21)22(32)25-11-14-2-3-18-16(8-14)17(23)9-20(24)29-18/h2-3,8-10,12,15H,4-7,11H2,1H3,(H,25,32)(H4,23,24,29)(H,26,27,28). The minimum absolute atomic E-state index is 0.0962. The molecular weight excluding hydrogens is 408 g/mol. The van der Waals surface area contributed by atoms with E-state index >= 15 is 0 Å². The second-order valence-corrected chi connectivity index (χ2v) is 7.88. The number of hydrogen-bond acceptors (Lipinski definition) is 8. The number of carbonyl (C=O) groups is 2. The van der Waals surface area contributed by atoms with Gasteiger partial charge in [0.25, 0.3) is 5.91 Å². The Hall–Kier alpha value is -3.95. The van der Waals surface area contributed by atoms with Gasteiger partial charge in [0.2, 0.25) is 5.91 Å². The summed E-state index contributed by atoms with van der Waals surface area (Å²) in [6.45, 7) is 3.32. The molecule has 0 unspecified atom stereocenters. The van der Waals surface area contributed by atoms with Gasteiger partial charge in [0.1, 0.15) is 23.7 Å². The lowest BCUT2D eigenvalue weighted by Gasteiger charge is -2.31. The number of nitrogens with one attached hydrogen (secondary N) is 2. The van der Waals surface area contributed by atoms with Crippen LogP contribution in [-0.4, -0.2) is 50.8 Å². The Labute approximate surface area is 185 Å². The third-order valence-electron chi connectivity index (χ3n) is 5.57. The summed E-state index contributed by atoms with van der Waals surface area (Å²) in [5.74, 6) is 0.756. The van der Waals surface area contributed by atoms with Crippen LogP contribution in [0.15, 0.2) is 36.7 Å². The number of nitrogens with two attached hydrogens (primary N) is 2. The number of benzene rings is 1. The highest BCUT2D eigenvalue weighted by Crippen LogP contribution is 2.23. The fourth-order valence-corrected chi connectivity index (χ4v) is 3.81. The summed E-state index contributed by atoms with van der Waals surface area (Å²) >= 11 is 0. The van der Waals surface area contributed by atoms with Crippen LogP contribution in [-0.2, 0) is 11.3 Å². The Morgan fingerprint density at radius 1 is 1.12 bits per heavy atom. The van der Waals surface area contributed by atoms with E-state index in [9.17, 15) is 9.59 Å². The van der Waals surface area contributed by atoms with Crippen molar-refractivity contribution in [1.29, 1.82) is 0 Å². The number of pyridine rings is 1. The van der Waals surface area contributed by atoms with Crippen LogP contribution in [0, 0.1) is 0 Å². The third kappa shape index (κ3) is 4.85. The molecule has 10 nitrogen and oxygen atoms in total. The van der Waals surface area contributed by atoms with Crippen LogP contribution in [0.2, 0.25) is 0 Å². The molecule has 0 spiro atoms. The van der Waals surface area contributed by atoms with Crippen molar-refractivity contribution in [2.45, 2.75) is 32.4 Å². The van der Waals surface area contributed by atoms with Gasteiger partial charge in [-0.25, -0.2) is 15.0 Å². The van der Waals surface area contributed by atoms with E-state index in [2.05, 4.69) is 25.6 Å². The number of likely N-dealkylation sites (tertiary alicyclic amines) is 1. The quantitative estimate of drug-likeness (QED) is 0.472. The Kier molecular flexibility index (Phi) is 6.02. The Morgan fingerprint density at radius 2 is 1.91 bits per heavy atom. The molecule has 0 radical (unpaired) electrons. The highest BCUT2D eigenvalue weighted by Gasteiger charge is 2.21. The normalized spacial score (nSPS) is 14.3. The van der Waals surface area contributed by atoms with Crippen LogP contribution >= 0.6 is 0 Å². The Morgan fingerprint density at radius 3 is 2.66 bits per heavy atom. The number of carbonyl (C=O) groups excluding carboxylic acids is 2. The van der Waals surface area contributed by atoms with E-state index in [0.29, 0.717) is 42.5 Å². The molecular formula is C22H26N8O2. The molecule has 32 heavy (non-hydrogen) atoms. The van der Waals surface area contributed by atoms with Crippen LogP contribution in [0.4, 0.5) is 17.3 Å². The van der Waals surface area contributed by atoms with Gasteiger partial charge in [-0.2, -0.15) is 0 Å². The van der Waals surface area contributed by atoms with Gasteiger partial charge < -0.3 is 27.0 Å². The first kappa shape index (κ1) is 21.3. The molecule has 1 aliphatic rings. The lowest BCUT2D eigenvalue weighted by atomic mass is 10.1. The van der Waals surface area contributed by atoms with Gasteiger partial charge in [-0.3, -0.25) is 9.59 Å². The summed E-state index contributed by atoms with van der Waals surface area (Å²) < 4.78 is 0. The molecule has 4 rings (SSSR count). The van der Waals surface area contributed by atoms with Crippen LogP contribution in [0.1, 0.15) is 35.8 Å². The number of aromatic nitrogens is 3. The van der Waals surface area contributed by atoms with Gasteiger partial charge in [0.15, 0.2) is 0 Å². The van der Waals surface area contributed by atoms with Crippen LogP contribution in [0.25, 0.3) is 10.9 Å². The van der Waals surface area contributed by atoms with Crippen LogP contribution < -0.4 is 22.1 Å². The van der Waals surface area contributed by atoms with Crippen molar-refractivity contribution in [3.8, 4) is 0 Å². The average molecular weight is 435 g/mol. The van der Waals surface area contributed by atoms with Crippen molar-refractivity contribution in [1.82, 2.24) is 25.2 Å². The number of amides is 2. The predicted octanol–water partition coefficient (Wildman–Crippen LogP) is 1.54. The second-order valence-electron chi connectivity index (χ2n) is 7.88. The number of piperidine rings is 1.